The minimum absolute atomic E-state index is 0.112. The second-order valence-corrected chi connectivity index (χ2v) is 6.62. The number of nitrogens with one attached hydrogen (secondary N) is 2. The molecule has 7 heteroatoms. The Bertz CT molecular complexity index is 1130. The van der Waals surface area contributed by atoms with E-state index in [0.29, 0.717) is 28.2 Å². The van der Waals surface area contributed by atoms with Crippen LogP contribution in [0.5, 0.6) is 0 Å². The van der Waals surface area contributed by atoms with Gasteiger partial charge < -0.3 is 21.5 Å². The number of halogens is 1. The molecule has 5 N–H and O–H groups in total. The Kier molecular flexibility index (Phi) is 4.74. The lowest BCUT2D eigenvalue weighted by Gasteiger charge is -2.24. The molecule has 1 aliphatic carbocycles. The maximum absolute atomic E-state index is 13.3. The molecule has 29 heavy (non-hydrogen) atoms. The number of aliphatic hydroxyl groups excluding tert-OH is 1. The van der Waals surface area contributed by atoms with Crippen molar-refractivity contribution in [3.63, 3.8) is 0 Å². The van der Waals surface area contributed by atoms with Gasteiger partial charge in [0.1, 0.15) is 5.82 Å². The molecule has 0 amide bonds. The highest BCUT2D eigenvalue weighted by Gasteiger charge is 2.34. The van der Waals surface area contributed by atoms with Crippen molar-refractivity contribution < 1.29 is 19.1 Å². The molecule has 1 aliphatic rings. The number of anilines is 4. The SMILES string of the molecule is Nc1c(NCCO)cc(Nc2ccc(F)cc2)c2c1C(=O)c1ccccc1C2=O. The Hall–Kier alpha value is -3.71. The summed E-state index contributed by atoms with van der Waals surface area (Å²) in [5.41, 5.74) is 8.61. The van der Waals surface area contributed by atoms with Crippen LogP contribution in [0.4, 0.5) is 27.1 Å². The van der Waals surface area contributed by atoms with Crippen LogP contribution >= 0.6 is 0 Å². The minimum atomic E-state index is -0.389. The molecular formula is C22H18FN3O3. The number of aliphatic hydroxyl groups is 1. The molecule has 4 rings (SSSR count). The molecule has 6 nitrogen and oxygen atoms in total. The second-order valence-electron chi connectivity index (χ2n) is 6.62. The number of nitrogen functional groups attached to an aromatic ring is 1. The lowest BCUT2D eigenvalue weighted by atomic mass is 9.82. The van der Waals surface area contributed by atoms with Crippen LogP contribution in [0.15, 0.2) is 54.6 Å². The van der Waals surface area contributed by atoms with E-state index in [2.05, 4.69) is 10.6 Å². The van der Waals surface area contributed by atoms with Gasteiger partial charge in [-0.2, -0.15) is 0 Å². The maximum atomic E-state index is 13.3. The highest BCUT2D eigenvalue weighted by Crippen LogP contribution is 2.40. The molecule has 3 aromatic rings. The summed E-state index contributed by atoms with van der Waals surface area (Å²) in [5.74, 6) is -1.05. The summed E-state index contributed by atoms with van der Waals surface area (Å²) >= 11 is 0. The van der Waals surface area contributed by atoms with E-state index in [1.54, 1.807) is 30.3 Å². The monoisotopic (exact) mass is 391 g/mol. The topological polar surface area (TPSA) is 104 Å². The fraction of sp³-hybridized carbons (Fsp3) is 0.0909. The largest absolute Gasteiger partial charge is 0.396 e. The van der Waals surface area contributed by atoms with Crippen LogP contribution in [0.3, 0.4) is 0 Å². The van der Waals surface area contributed by atoms with E-state index in [1.807, 2.05) is 0 Å². The molecule has 0 saturated heterocycles. The van der Waals surface area contributed by atoms with Gasteiger partial charge in [-0.1, -0.05) is 24.3 Å². The number of carbonyl (C=O) groups excluding carboxylic acids is 2. The fourth-order valence-electron chi connectivity index (χ4n) is 3.44. The normalized spacial score (nSPS) is 12.3. The van der Waals surface area contributed by atoms with Crippen LogP contribution in [0.1, 0.15) is 31.8 Å². The minimum Gasteiger partial charge on any atom is -0.396 e. The van der Waals surface area contributed by atoms with E-state index < -0.39 is 0 Å². The number of rotatable bonds is 5. The molecule has 0 spiro atoms. The summed E-state index contributed by atoms with van der Waals surface area (Å²) in [5, 5.41) is 15.2. The molecule has 0 aromatic heterocycles. The zero-order chi connectivity index (χ0) is 20.5. The third-order valence-electron chi connectivity index (χ3n) is 4.79. The van der Waals surface area contributed by atoms with Gasteiger partial charge in [-0.25, -0.2) is 4.39 Å². The third-order valence-corrected chi connectivity index (χ3v) is 4.79. The van der Waals surface area contributed by atoms with Crippen molar-refractivity contribution in [2.24, 2.45) is 0 Å². The van der Waals surface area contributed by atoms with Crippen LogP contribution in [-0.4, -0.2) is 29.8 Å². The molecule has 3 aromatic carbocycles. The van der Waals surface area contributed by atoms with Crippen molar-refractivity contribution in [1.29, 1.82) is 0 Å². The Morgan fingerprint density at radius 1 is 0.897 bits per heavy atom. The van der Waals surface area contributed by atoms with Crippen molar-refractivity contribution in [3.8, 4) is 0 Å². The van der Waals surface area contributed by atoms with E-state index in [4.69, 9.17) is 10.8 Å². The van der Waals surface area contributed by atoms with Crippen molar-refractivity contribution in [2.75, 3.05) is 29.5 Å². The molecule has 0 fully saturated rings. The molecule has 0 bridgehead atoms. The Balaban J connectivity index is 1.91. The predicted molar refractivity (Wildman–Crippen MR) is 109 cm³/mol. The Morgan fingerprint density at radius 3 is 2.14 bits per heavy atom. The van der Waals surface area contributed by atoms with Crippen LogP contribution in [0, 0.1) is 5.82 Å². The lowest BCUT2D eigenvalue weighted by Crippen LogP contribution is -2.24. The first-order valence-corrected chi connectivity index (χ1v) is 9.03. The highest BCUT2D eigenvalue weighted by molar-refractivity contribution is 6.32. The van der Waals surface area contributed by atoms with Crippen LogP contribution in [-0.2, 0) is 0 Å². The average molecular weight is 391 g/mol. The van der Waals surface area contributed by atoms with Crippen LogP contribution in [0.2, 0.25) is 0 Å². The smallest absolute Gasteiger partial charge is 0.196 e. The summed E-state index contributed by atoms with van der Waals surface area (Å²) < 4.78 is 13.3. The first kappa shape index (κ1) is 18.6. The molecule has 146 valence electrons. The van der Waals surface area contributed by atoms with E-state index in [0.717, 1.165) is 0 Å². The summed E-state index contributed by atoms with van der Waals surface area (Å²) in [6, 6.07) is 13.8. The number of benzene rings is 3. The van der Waals surface area contributed by atoms with Crippen molar-refractivity contribution >= 4 is 34.3 Å². The Labute approximate surface area is 166 Å². The van der Waals surface area contributed by atoms with Crippen molar-refractivity contribution in [1.82, 2.24) is 0 Å². The van der Waals surface area contributed by atoms with Gasteiger partial charge in [0.2, 0.25) is 0 Å². The summed E-state index contributed by atoms with van der Waals surface area (Å²) in [6.45, 7) is 0.0880. The van der Waals surface area contributed by atoms with Gasteiger partial charge in [0.25, 0.3) is 0 Å². The molecule has 0 heterocycles. The summed E-state index contributed by atoms with van der Waals surface area (Å²) in [6.07, 6.45) is 0. The number of nitrogens with two attached hydrogens (primary N) is 1. The van der Waals surface area contributed by atoms with Gasteiger partial charge in [-0.3, -0.25) is 9.59 Å². The Morgan fingerprint density at radius 2 is 1.52 bits per heavy atom. The molecule has 0 unspecified atom stereocenters. The van der Waals surface area contributed by atoms with Gasteiger partial charge in [-0.05, 0) is 30.3 Å². The van der Waals surface area contributed by atoms with Gasteiger partial charge in [-0.15, -0.1) is 0 Å². The molecule has 0 aliphatic heterocycles. The molecular weight excluding hydrogens is 373 g/mol. The van der Waals surface area contributed by atoms with Crippen LogP contribution < -0.4 is 16.4 Å². The number of hydrogen-bond acceptors (Lipinski definition) is 6. The zero-order valence-corrected chi connectivity index (χ0v) is 15.3. The maximum Gasteiger partial charge on any atom is 0.196 e. The first-order chi connectivity index (χ1) is 14.0. The van der Waals surface area contributed by atoms with E-state index >= 15 is 0 Å². The van der Waals surface area contributed by atoms with Crippen molar-refractivity contribution in [3.05, 3.63) is 82.7 Å². The quantitative estimate of drug-likeness (QED) is 0.389. The number of ketones is 2. The number of hydrogen-bond donors (Lipinski definition) is 4. The summed E-state index contributed by atoms with van der Waals surface area (Å²) in [7, 11) is 0. The van der Waals surface area contributed by atoms with Crippen molar-refractivity contribution in [2.45, 2.75) is 0 Å². The first-order valence-electron chi connectivity index (χ1n) is 9.03. The molecule has 0 atom stereocenters. The fourth-order valence-corrected chi connectivity index (χ4v) is 3.44. The second kappa shape index (κ2) is 7.37. The van der Waals surface area contributed by atoms with Crippen LogP contribution in [0.25, 0.3) is 0 Å². The number of carbonyl (C=O) groups is 2. The third kappa shape index (κ3) is 3.21. The number of fused-ring (bicyclic) bond motifs is 2. The molecule has 0 radical (unpaired) electrons. The molecule has 0 saturated carbocycles. The van der Waals surface area contributed by atoms with Gasteiger partial charge in [0.15, 0.2) is 11.6 Å². The van der Waals surface area contributed by atoms with Gasteiger partial charge in [0, 0.05) is 23.4 Å². The highest BCUT2D eigenvalue weighted by atomic mass is 19.1. The van der Waals surface area contributed by atoms with E-state index in [1.165, 1.54) is 24.3 Å². The van der Waals surface area contributed by atoms with Gasteiger partial charge in [0.05, 0.1) is 34.8 Å². The van der Waals surface area contributed by atoms with E-state index in [-0.39, 0.29) is 47.3 Å². The standard InChI is InChI=1S/C22H18FN3O3/c23-12-5-7-13(8-6-12)26-16-11-17(25-9-10-27)20(24)19-18(16)21(28)14-3-1-2-4-15(14)22(19)29/h1-8,11,25-27H,9-10,24H2. The summed E-state index contributed by atoms with van der Waals surface area (Å²) in [4.78, 5) is 26.4. The average Bonchev–Trinajstić information content (AvgIpc) is 2.73. The van der Waals surface area contributed by atoms with Gasteiger partial charge >= 0.3 is 0 Å². The lowest BCUT2D eigenvalue weighted by molar-refractivity contribution is 0.0980. The van der Waals surface area contributed by atoms with E-state index in [9.17, 15) is 14.0 Å². The predicted octanol–water partition coefficient (Wildman–Crippen LogP) is 3.33. The zero-order valence-electron chi connectivity index (χ0n) is 15.3.